The van der Waals surface area contributed by atoms with E-state index in [0.717, 1.165) is 0 Å². The van der Waals surface area contributed by atoms with Gasteiger partial charge in [0.25, 0.3) is 5.91 Å². The Kier molecular flexibility index (Phi) is 3.84. The molecule has 0 radical (unpaired) electrons. The van der Waals surface area contributed by atoms with Gasteiger partial charge in [-0.05, 0) is 17.7 Å². The number of halogens is 2. The molecule has 0 heterocycles. The van der Waals surface area contributed by atoms with Gasteiger partial charge in [-0.2, -0.15) is 0 Å². The maximum atomic E-state index is 13.4. The topological polar surface area (TPSA) is 69.6 Å². The second kappa shape index (κ2) is 5.56. The number of hydrogen-bond acceptors (Lipinski definition) is 3. The predicted octanol–water partition coefficient (Wildman–Crippen LogP) is 2.31. The van der Waals surface area contributed by atoms with Crippen molar-refractivity contribution >= 4 is 5.91 Å². The Hall–Kier alpha value is -2.63. The molecule has 0 aliphatic carbocycles. The summed E-state index contributed by atoms with van der Waals surface area (Å²) < 4.78 is 26.3. The predicted molar refractivity (Wildman–Crippen MR) is 67.3 cm³/mol. The highest BCUT2D eigenvalue weighted by molar-refractivity contribution is 5.97. The van der Waals surface area contributed by atoms with E-state index in [1.165, 1.54) is 12.1 Å². The molecule has 0 aliphatic heterocycles. The molecule has 3 N–H and O–H groups in total. The maximum absolute atomic E-state index is 13.4. The lowest BCUT2D eigenvalue weighted by molar-refractivity contribution is 0.0944. The van der Waals surface area contributed by atoms with Crippen molar-refractivity contribution in [3.8, 4) is 11.5 Å². The fourth-order valence-electron chi connectivity index (χ4n) is 1.67. The third-order valence-electron chi connectivity index (χ3n) is 2.65. The molecule has 2 aromatic carbocycles. The SMILES string of the molecule is O=C(NCc1ccc(O)cc1)c1c(O)cc(F)cc1F. The highest BCUT2D eigenvalue weighted by Crippen LogP contribution is 2.22. The monoisotopic (exact) mass is 279 g/mol. The molecule has 0 saturated heterocycles. The molecule has 2 rings (SSSR count). The Balaban J connectivity index is 2.11. The van der Waals surface area contributed by atoms with Crippen molar-refractivity contribution in [2.24, 2.45) is 0 Å². The molecule has 1 amide bonds. The standard InChI is InChI=1S/C14H11F2NO3/c15-9-5-11(16)13(12(19)6-9)14(20)17-7-8-1-3-10(18)4-2-8/h1-6,18-19H,7H2,(H,17,20). The normalized spacial score (nSPS) is 10.3. The van der Waals surface area contributed by atoms with Gasteiger partial charge < -0.3 is 15.5 Å². The van der Waals surface area contributed by atoms with Gasteiger partial charge in [0.15, 0.2) is 0 Å². The van der Waals surface area contributed by atoms with E-state index in [-0.39, 0.29) is 12.3 Å². The summed E-state index contributed by atoms with van der Waals surface area (Å²) in [5.41, 5.74) is 0.0725. The third kappa shape index (κ3) is 3.03. The molecule has 0 unspecified atom stereocenters. The summed E-state index contributed by atoms with van der Waals surface area (Å²) in [7, 11) is 0. The van der Waals surface area contributed by atoms with Gasteiger partial charge in [-0.15, -0.1) is 0 Å². The van der Waals surface area contributed by atoms with Gasteiger partial charge in [0, 0.05) is 18.7 Å². The molecule has 2 aromatic rings. The van der Waals surface area contributed by atoms with E-state index in [4.69, 9.17) is 5.11 Å². The van der Waals surface area contributed by atoms with Gasteiger partial charge in [0.1, 0.15) is 28.7 Å². The van der Waals surface area contributed by atoms with Crippen molar-refractivity contribution < 1.29 is 23.8 Å². The third-order valence-corrected chi connectivity index (χ3v) is 2.65. The van der Waals surface area contributed by atoms with E-state index < -0.39 is 28.9 Å². The van der Waals surface area contributed by atoms with E-state index in [1.54, 1.807) is 12.1 Å². The first kappa shape index (κ1) is 13.8. The van der Waals surface area contributed by atoms with Gasteiger partial charge in [0.2, 0.25) is 0 Å². The number of carbonyl (C=O) groups excluding carboxylic acids is 1. The van der Waals surface area contributed by atoms with Gasteiger partial charge >= 0.3 is 0 Å². The summed E-state index contributed by atoms with van der Waals surface area (Å²) in [5.74, 6) is -3.62. The molecule has 0 bridgehead atoms. The smallest absolute Gasteiger partial charge is 0.258 e. The molecular formula is C14H11F2NO3. The number of phenolic OH excluding ortho intramolecular Hbond substituents is 2. The highest BCUT2D eigenvalue weighted by Gasteiger charge is 2.18. The fourth-order valence-corrected chi connectivity index (χ4v) is 1.67. The minimum atomic E-state index is -1.13. The van der Waals surface area contributed by atoms with Crippen LogP contribution in [0, 0.1) is 11.6 Å². The fraction of sp³-hybridized carbons (Fsp3) is 0.0714. The van der Waals surface area contributed by atoms with E-state index in [0.29, 0.717) is 17.7 Å². The lowest BCUT2D eigenvalue weighted by Gasteiger charge is -2.08. The van der Waals surface area contributed by atoms with Crippen LogP contribution in [0.4, 0.5) is 8.78 Å². The quantitative estimate of drug-likeness (QED) is 0.807. The Labute approximate surface area is 113 Å². The molecular weight excluding hydrogens is 268 g/mol. The number of aromatic hydroxyl groups is 2. The Bertz CT molecular complexity index is 618. The van der Waals surface area contributed by atoms with Gasteiger partial charge in [-0.3, -0.25) is 4.79 Å². The molecule has 0 aromatic heterocycles. The number of benzene rings is 2. The summed E-state index contributed by atoms with van der Waals surface area (Å²) in [6.45, 7) is 0.0787. The summed E-state index contributed by atoms with van der Waals surface area (Å²) in [5, 5.41) is 20.9. The lowest BCUT2D eigenvalue weighted by Crippen LogP contribution is -2.24. The van der Waals surface area contributed by atoms with Crippen LogP contribution in [-0.4, -0.2) is 16.1 Å². The van der Waals surface area contributed by atoms with Crippen molar-refractivity contribution in [3.63, 3.8) is 0 Å². The van der Waals surface area contributed by atoms with Crippen LogP contribution in [0.25, 0.3) is 0 Å². The second-order valence-electron chi connectivity index (χ2n) is 4.13. The molecule has 4 nitrogen and oxygen atoms in total. The van der Waals surface area contributed by atoms with Crippen molar-refractivity contribution in [1.29, 1.82) is 0 Å². The van der Waals surface area contributed by atoms with Crippen molar-refractivity contribution in [2.75, 3.05) is 0 Å². The number of phenols is 2. The first-order chi connectivity index (χ1) is 9.47. The molecule has 0 aliphatic rings. The molecule has 0 spiro atoms. The number of carbonyl (C=O) groups is 1. The average Bonchev–Trinajstić information content (AvgIpc) is 2.37. The number of amides is 1. The van der Waals surface area contributed by atoms with Crippen molar-refractivity contribution in [3.05, 3.63) is 59.2 Å². The van der Waals surface area contributed by atoms with Crippen LogP contribution in [0.15, 0.2) is 36.4 Å². The molecule has 0 atom stereocenters. The molecule has 0 fully saturated rings. The van der Waals surface area contributed by atoms with Gasteiger partial charge in [0.05, 0.1) is 0 Å². The van der Waals surface area contributed by atoms with E-state index in [2.05, 4.69) is 5.32 Å². The van der Waals surface area contributed by atoms with Crippen LogP contribution >= 0.6 is 0 Å². The van der Waals surface area contributed by atoms with E-state index in [9.17, 15) is 18.7 Å². The van der Waals surface area contributed by atoms with Crippen LogP contribution in [0.3, 0.4) is 0 Å². The molecule has 20 heavy (non-hydrogen) atoms. The Morgan fingerprint density at radius 1 is 1.10 bits per heavy atom. The summed E-state index contributed by atoms with van der Waals surface area (Å²) >= 11 is 0. The van der Waals surface area contributed by atoms with Crippen molar-refractivity contribution in [1.82, 2.24) is 5.32 Å². The summed E-state index contributed by atoms with van der Waals surface area (Å²) in [6.07, 6.45) is 0. The minimum absolute atomic E-state index is 0.0787. The summed E-state index contributed by atoms with van der Waals surface area (Å²) in [6, 6.07) is 7.23. The van der Waals surface area contributed by atoms with E-state index >= 15 is 0 Å². The van der Waals surface area contributed by atoms with Crippen LogP contribution in [0.5, 0.6) is 11.5 Å². The zero-order valence-corrected chi connectivity index (χ0v) is 10.2. The Morgan fingerprint density at radius 2 is 1.75 bits per heavy atom. The van der Waals surface area contributed by atoms with E-state index in [1.807, 2.05) is 0 Å². The zero-order valence-electron chi connectivity index (χ0n) is 10.2. The first-order valence-corrected chi connectivity index (χ1v) is 5.71. The van der Waals surface area contributed by atoms with Gasteiger partial charge in [-0.1, -0.05) is 12.1 Å². The molecule has 0 saturated carbocycles. The van der Waals surface area contributed by atoms with Crippen LogP contribution in [-0.2, 0) is 6.54 Å². The van der Waals surface area contributed by atoms with Crippen LogP contribution in [0.1, 0.15) is 15.9 Å². The highest BCUT2D eigenvalue weighted by atomic mass is 19.1. The zero-order chi connectivity index (χ0) is 14.7. The van der Waals surface area contributed by atoms with Crippen LogP contribution in [0.2, 0.25) is 0 Å². The second-order valence-corrected chi connectivity index (χ2v) is 4.13. The first-order valence-electron chi connectivity index (χ1n) is 5.71. The Morgan fingerprint density at radius 3 is 2.35 bits per heavy atom. The number of rotatable bonds is 3. The average molecular weight is 279 g/mol. The lowest BCUT2D eigenvalue weighted by atomic mass is 10.1. The molecule has 104 valence electrons. The number of hydrogen-bond donors (Lipinski definition) is 3. The molecule has 6 heteroatoms. The minimum Gasteiger partial charge on any atom is -0.508 e. The number of nitrogens with one attached hydrogen (secondary N) is 1. The van der Waals surface area contributed by atoms with Gasteiger partial charge in [-0.25, -0.2) is 8.78 Å². The van der Waals surface area contributed by atoms with Crippen LogP contribution < -0.4 is 5.32 Å². The maximum Gasteiger partial charge on any atom is 0.258 e. The summed E-state index contributed by atoms with van der Waals surface area (Å²) in [4.78, 5) is 11.8. The largest absolute Gasteiger partial charge is 0.508 e. The van der Waals surface area contributed by atoms with Crippen molar-refractivity contribution in [2.45, 2.75) is 6.54 Å².